The number of rotatable bonds is 4. The molecule has 3 heteroatoms. The number of hydrogen-bond donors (Lipinski definition) is 0. The topological polar surface area (TPSA) is 43.4 Å². The lowest BCUT2D eigenvalue weighted by Crippen LogP contribution is -2.07. The summed E-state index contributed by atoms with van der Waals surface area (Å²) in [5.74, 6) is -0.427. The van der Waals surface area contributed by atoms with E-state index in [1.807, 2.05) is 73.7 Å². The maximum absolute atomic E-state index is 14.5. The largest absolute Gasteiger partial charge is 0.462 e. The molecule has 0 N–H and O–H groups in total. The van der Waals surface area contributed by atoms with Gasteiger partial charge in [0.15, 0.2) is 5.43 Å². The van der Waals surface area contributed by atoms with Crippen LogP contribution in [0.5, 0.6) is 0 Å². The predicted molar refractivity (Wildman–Crippen MR) is 178 cm³/mol. The van der Waals surface area contributed by atoms with E-state index in [9.17, 15) is 9.59 Å². The zero-order valence-corrected chi connectivity index (χ0v) is 23.6. The van der Waals surface area contributed by atoms with Crippen LogP contribution in [0.25, 0.3) is 76.1 Å². The van der Waals surface area contributed by atoms with Gasteiger partial charge in [-0.1, -0.05) is 121 Å². The summed E-state index contributed by atoms with van der Waals surface area (Å²) in [6.07, 6.45) is 0. The molecule has 8 aromatic carbocycles. The Morgan fingerprint density at radius 1 is 0.558 bits per heavy atom. The average Bonchev–Trinajstić information content (AvgIpc) is 3.27. The van der Waals surface area contributed by atoms with Crippen LogP contribution in [0.1, 0.15) is 17.3 Å². The summed E-state index contributed by atoms with van der Waals surface area (Å²) in [6.45, 7) is 2.04. The molecule has 8 rings (SSSR count). The van der Waals surface area contributed by atoms with Crippen LogP contribution in [0.3, 0.4) is 0 Å². The van der Waals surface area contributed by atoms with E-state index in [0.29, 0.717) is 21.9 Å². The van der Waals surface area contributed by atoms with Crippen molar-refractivity contribution in [2.24, 2.45) is 0 Å². The minimum absolute atomic E-state index is 0.0792. The summed E-state index contributed by atoms with van der Waals surface area (Å²) in [7, 11) is 0. The number of carbonyl (C=O) groups is 1. The zero-order valence-electron chi connectivity index (χ0n) is 23.6. The van der Waals surface area contributed by atoms with Crippen molar-refractivity contribution in [1.29, 1.82) is 0 Å². The Bertz CT molecular complexity index is 2450. The fourth-order valence-corrected chi connectivity index (χ4v) is 6.80. The zero-order chi connectivity index (χ0) is 29.1. The summed E-state index contributed by atoms with van der Waals surface area (Å²) in [6, 6.07) is 42.8. The smallest absolute Gasteiger partial charge is 0.339 e. The summed E-state index contributed by atoms with van der Waals surface area (Å²) < 4.78 is 5.69. The van der Waals surface area contributed by atoms with Gasteiger partial charge >= 0.3 is 5.97 Å². The summed E-state index contributed by atoms with van der Waals surface area (Å²) in [5, 5.41) is 8.83. The van der Waals surface area contributed by atoms with Crippen molar-refractivity contribution in [2.75, 3.05) is 6.61 Å². The normalized spacial score (nSPS) is 11.7. The Kier molecular flexibility index (Phi) is 5.73. The molecule has 3 nitrogen and oxygen atoms in total. The van der Waals surface area contributed by atoms with Crippen molar-refractivity contribution in [1.82, 2.24) is 0 Å². The second-order valence-electron chi connectivity index (χ2n) is 10.9. The first-order valence-corrected chi connectivity index (χ1v) is 14.6. The van der Waals surface area contributed by atoms with E-state index in [4.69, 9.17) is 4.74 Å². The summed E-state index contributed by atoms with van der Waals surface area (Å²) >= 11 is 0. The van der Waals surface area contributed by atoms with E-state index in [1.54, 1.807) is 0 Å². The highest BCUT2D eigenvalue weighted by molar-refractivity contribution is 6.33. The number of fused-ring (bicyclic) bond motifs is 4. The number of benzene rings is 6. The van der Waals surface area contributed by atoms with E-state index < -0.39 is 5.97 Å². The summed E-state index contributed by atoms with van der Waals surface area (Å²) in [5.41, 5.74) is 3.96. The average molecular weight is 555 g/mol. The standard InChI is InChI=1S/C40H26O3/c1-2-43-40(42)37-33-22-21-26(29-19-9-13-24-11-3-5-15-27(24)29)23-34-30-17-7-8-18-32(30)39(41)38(35(33)34)36(37)31-20-10-14-25-12-4-6-16-28(25)31/h3-23H,2H2,1H3. The lowest BCUT2D eigenvalue weighted by Gasteiger charge is -2.11. The third-order valence-electron chi connectivity index (χ3n) is 8.62. The number of esters is 1. The number of ether oxygens (including phenoxy) is 1. The van der Waals surface area contributed by atoms with Gasteiger partial charge in [0.2, 0.25) is 0 Å². The van der Waals surface area contributed by atoms with Gasteiger partial charge in [0.1, 0.15) is 0 Å². The van der Waals surface area contributed by atoms with Gasteiger partial charge in [-0.2, -0.15) is 0 Å². The Hall–Kier alpha value is -5.54. The van der Waals surface area contributed by atoms with Crippen LogP contribution in [-0.2, 0) is 4.74 Å². The minimum Gasteiger partial charge on any atom is -0.462 e. The molecule has 0 radical (unpaired) electrons. The van der Waals surface area contributed by atoms with Crippen molar-refractivity contribution in [3.63, 3.8) is 0 Å². The maximum Gasteiger partial charge on any atom is 0.339 e. The molecule has 0 saturated carbocycles. The Morgan fingerprint density at radius 3 is 1.84 bits per heavy atom. The Balaban J connectivity index is 1.61. The van der Waals surface area contributed by atoms with Gasteiger partial charge in [-0.05, 0) is 67.4 Å². The van der Waals surface area contributed by atoms with Gasteiger partial charge in [-0.15, -0.1) is 0 Å². The lowest BCUT2D eigenvalue weighted by molar-refractivity contribution is 0.0530. The molecule has 43 heavy (non-hydrogen) atoms. The van der Waals surface area contributed by atoms with Crippen LogP contribution in [0.2, 0.25) is 0 Å². The molecule has 0 aliphatic rings. The van der Waals surface area contributed by atoms with Crippen LogP contribution in [0.4, 0.5) is 0 Å². The lowest BCUT2D eigenvalue weighted by atomic mass is 9.93. The van der Waals surface area contributed by atoms with Crippen molar-refractivity contribution in [3.8, 4) is 22.3 Å². The van der Waals surface area contributed by atoms with Gasteiger partial charge < -0.3 is 4.74 Å². The van der Waals surface area contributed by atoms with E-state index in [1.165, 1.54) is 0 Å². The molecule has 0 fully saturated rings. The van der Waals surface area contributed by atoms with Crippen LogP contribution in [0.15, 0.2) is 132 Å². The van der Waals surface area contributed by atoms with Crippen LogP contribution < -0.4 is 5.43 Å². The van der Waals surface area contributed by atoms with Gasteiger partial charge in [-0.25, -0.2) is 4.79 Å². The fourth-order valence-electron chi connectivity index (χ4n) is 6.80. The minimum atomic E-state index is -0.427. The number of hydrogen-bond acceptors (Lipinski definition) is 3. The van der Waals surface area contributed by atoms with Crippen LogP contribution >= 0.6 is 0 Å². The SMILES string of the molecule is CCOC(=O)c1c(-c2cccc3ccccc23)c2c(=O)c3ccccc3c3cc(-c4cccc5ccccc45)ccc1c23. The molecule has 0 unspecified atom stereocenters. The highest BCUT2D eigenvalue weighted by Crippen LogP contribution is 2.45. The van der Waals surface area contributed by atoms with Gasteiger partial charge in [0, 0.05) is 21.7 Å². The quantitative estimate of drug-likeness (QED) is 0.203. The number of carbonyl (C=O) groups excluding carboxylic acids is 1. The molecule has 0 saturated heterocycles. The molecule has 0 amide bonds. The predicted octanol–water partition coefficient (Wildman–Crippen LogP) is 9.76. The van der Waals surface area contributed by atoms with E-state index in [-0.39, 0.29) is 12.0 Å². The highest BCUT2D eigenvalue weighted by atomic mass is 16.5. The monoisotopic (exact) mass is 554 g/mol. The Labute approximate surface area is 247 Å². The van der Waals surface area contributed by atoms with Crippen molar-refractivity contribution >= 4 is 59.8 Å². The molecule has 0 spiro atoms. The van der Waals surface area contributed by atoms with Crippen molar-refractivity contribution in [2.45, 2.75) is 6.92 Å². The van der Waals surface area contributed by atoms with E-state index in [0.717, 1.165) is 59.8 Å². The van der Waals surface area contributed by atoms with Gasteiger partial charge in [0.05, 0.1) is 12.2 Å². The van der Waals surface area contributed by atoms with Crippen molar-refractivity contribution < 1.29 is 9.53 Å². The third-order valence-corrected chi connectivity index (χ3v) is 8.62. The molecule has 0 heterocycles. The molecule has 0 atom stereocenters. The van der Waals surface area contributed by atoms with Crippen LogP contribution in [-0.4, -0.2) is 12.6 Å². The molecule has 204 valence electrons. The molecular formula is C40H26O3. The van der Waals surface area contributed by atoms with Crippen molar-refractivity contribution in [3.05, 3.63) is 143 Å². The van der Waals surface area contributed by atoms with Gasteiger partial charge in [-0.3, -0.25) is 4.79 Å². The summed E-state index contributed by atoms with van der Waals surface area (Å²) in [4.78, 5) is 28.4. The molecule has 0 bridgehead atoms. The molecule has 0 aliphatic carbocycles. The third kappa shape index (κ3) is 3.75. The molecule has 8 aromatic rings. The maximum atomic E-state index is 14.5. The first-order valence-electron chi connectivity index (χ1n) is 14.6. The van der Waals surface area contributed by atoms with E-state index >= 15 is 0 Å². The second kappa shape index (κ2) is 9.78. The van der Waals surface area contributed by atoms with Crippen LogP contribution in [0, 0.1) is 0 Å². The molecule has 0 aliphatic heterocycles. The van der Waals surface area contributed by atoms with Gasteiger partial charge in [0.25, 0.3) is 0 Å². The first-order chi connectivity index (χ1) is 21.2. The molecular weight excluding hydrogens is 528 g/mol. The van der Waals surface area contributed by atoms with E-state index in [2.05, 4.69) is 60.7 Å². The fraction of sp³-hybridized carbons (Fsp3) is 0.0500. The first kappa shape index (κ1) is 25.2. The second-order valence-corrected chi connectivity index (χ2v) is 10.9. The Morgan fingerprint density at radius 2 is 1.14 bits per heavy atom. The highest BCUT2D eigenvalue weighted by Gasteiger charge is 2.28. The molecule has 0 aromatic heterocycles.